The van der Waals surface area contributed by atoms with Crippen molar-refractivity contribution in [1.29, 1.82) is 0 Å². The van der Waals surface area contributed by atoms with Crippen LogP contribution in [0.2, 0.25) is 0 Å². The van der Waals surface area contributed by atoms with E-state index in [1.54, 1.807) is 0 Å². The summed E-state index contributed by atoms with van der Waals surface area (Å²) in [6.07, 6.45) is 2.15. The molecule has 3 rings (SSSR count). The minimum Gasteiger partial charge on any atom is -0.489 e. The summed E-state index contributed by atoms with van der Waals surface area (Å²) in [7, 11) is 0. The zero-order valence-corrected chi connectivity index (χ0v) is 12.5. The standard InChI is InChI=1S/C18H20N2O/c1-3-20-11-14(17-9-6-15(19)10-18(17)20)12-21-16-7-4-13(2)5-8-16/h4-11H,3,12,19H2,1-2H3. The van der Waals surface area contributed by atoms with Crippen molar-refractivity contribution in [1.82, 2.24) is 4.57 Å². The molecule has 0 unspecified atom stereocenters. The normalized spacial score (nSPS) is 11.0. The number of fused-ring (bicyclic) bond motifs is 1. The molecule has 0 saturated carbocycles. The summed E-state index contributed by atoms with van der Waals surface area (Å²) in [6.45, 7) is 5.69. The highest BCUT2D eigenvalue weighted by Gasteiger charge is 2.08. The van der Waals surface area contributed by atoms with Gasteiger partial charge in [-0.15, -0.1) is 0 Å². The number of ether oxygens (including phenoxy) is 1. The van der Waals surface area contributed by atoms with Crippen LogP contribution in [0, 0.1) is 6.92 Å². The molecule has 1 aromatic heterocycles. The number of aryl methyl sites for hydroxylation is 2. The van der Waals surface area contributed by atoms with Crippen LogP contribution in [-0.4, -0.2) is 4.57 Å². The summed E-state index contributed by atoms with van der Waals surface area (Å²) in [4.78, 5) is 0. The molecule has 2 N–H and O–H groups in total. The molecule has 0 radical (unpaired) electrons. The lowest BCUT2D eigenvalue weighted by Crippen LogP contribution is -1.95. The first-order chi connectivity index (χ1) is 10.2. The Balaban J connectivity index is 1.88. The molecule has 108 valence electrons. The van der Waals surface area contributed by atoms with E-state index >= 15 is 0 Å². The zero-order chi connectivity index (χ0) is 14.8. The van der Waals surface area contributed by atoms with E-state index in [0.29, 0.717) is 6.61 Å². The van der Waals surface area contributed by atoms with Crippen LogP contribution in [-0.2, 0) is 13.2 Å². The molecule has 3 heteroatoms. The first-order valence-electron chi connectivity index (χ1n) is 7.24. The number of nitrogens with zero attached hydrogens (tertiary/aromatic N) is 1. The third-order valence-electron chi connectivity index (χ3n) is 3.74. The van der Waals surface area contributed by atoms with Gasteiger partial charge < -0.3 is 15.0 Å². The maximum Gasteiger partial charge on any atom is 0.119 e. The predicted molar refractivity (Wildman–Crippen MR) is 87.5 cm³/mol. The summed E-state index contributed by atoms with van der Waals surface area (Å²) < 4.78 is 8.11. The minimum absolute atomic E-state index is 0.566. The molecule has 0 aliphatic rings. The SMILES string of the molecule is CCn1cc(COc2ccc(C)cc2)c2ccc(N)cc21. The van der Waals surface area contributed by atoms with E-state index in [2.05, 4.69) is 42.8 Å². The molecule has 0 amide bonds. The summed E-state index contributed by atoms with van der Waals surface area (Å²) in [5.74, 6) is 0.897. The van der Waals surface area contributed by atoms with E-state index in [0.717, 1.165) is 18.0 Å². The molecule has 3 aromatic rings. The number of benzene rings is 2. The summed E-state index contributed by atoms with van der Waals surface area (Å²) in [5, 5.41) is 1.21. The van der Waals surface area contributed by atoms with Crippen LogP contribution in [0.4, 0.5) is 5.69 Å². The Morgan fingerprint density at radius 1 is 1.10 bits per heavy atom. The van der Waals surface area contributed by atoms with Crippen LogP contribution in [0.5, 0.6) is 5.75 Å². The van der Waals surface area contributed by atoms with Gasteiger partial charge in [-0.2, -0.15) is 0 Å². The minimum atomic E-state index is 0.566. The number of aromatic nitrogens is 1. The topological polar surface area (TPSA) is 40.2 Å². The quantitative estimate of drug-likeness (QED) is 0.730. The van der Waals surface area contributed by atoms with Gasteiger partial charge in [0.2, 0.25) is 0 Å². The first kappa shape index (κ1) is 13.6. The summed E-state index contributed by atoms with van der Waals surface area (Å²) in [5.41, 5.74) is 10.3. The maximum absolute atomic E-state index is 5.90. The van der Waals surface area contributed by atoms with Crippen molar-refractivity contribution in [3.8, 4) is 5.75 Å². The van der Waals surface area contributed by atoms with E-state index < -0.39 is 0 Å². The Labute approximate surface area is 125 Å². The Kier molecular flexibility index (Phi) is 3.57. The lowest BCUT2D eigenvalue weighted by Gasteiger charge is -2.05. The largest absolute Gasteiger partial charge is 0.489 e. The number of rotatable bonds is 4. The second-order valence-corrected chi connectivity index (χ2v) is 5.32. The van der Waals surface area contributed by atoms with Gasteiger partial charge in [-0.05, 0) is 38.1 Å². The average Bonchev–Trinajstić information content (AvgIpc) is 2.84. The van der Waals surface area contributed by atoms with Crippen LogP contribution in [0.25, 0.3) is 10.9 Å². The second-order valence-electron chi connectivity index (χ2n) is 5.32. The fourth-order valence-corrected chi connectivity index (χ4v) is 2.56. The molecule has 0 atom stereocenters. The Bertz CT molecular complexity index is 757. The van der Waals surface area contributed by atoms with E-state index in [9.17, 15) is 0 Å². The zero-order valence-electron chi connectivity index (χ0n) is 12.5. The summed E-state index contributed by atoms with van der Waals surface area (Å²) >= 11 is 0. The van der Waals surface area contributed by atoms with Crippen LogP contribution in [0.1, 0.15) is 18.1 Å². The number of anilines is 1. The van der Waals surface area contributed by atoms with Crippen molar-refractivity contribution in [2.24, 2.45) is 0 Å². The monoisotopic (exact) mass is 280 g/mol. The van der Waals surface area contributed by atoms with Gasteiger partial charge in [0.1, 0.15) is 12.4 Å². The Morgan fingerprint density at radius 3 is 2.57 bits per heavy atom. The van der Waals surface area contributed by atoms with E-state index in [-0.39, 0.29) is 0 Å². The lowest BCUT2D eigenvalue weighted by molar-refractivity contribution is 0.307. The molecule has 0 fully saturated rings. The fourth-order valence-electron chi connectivity index (χ4n) is 2.56. The number of nitrogens with two attached hydrogens (primary N) is 1. The van der Waals surface area contributed by atoms with Gasteiger partial charge in [-0.25, -0.2) is 0 Å². The molecular formula is C18H20N2O. The smallest absolute Gasteiger partial charge is 0.119 e. The highest BCUT2D eigenvalue weighted by Crippen LogP contribution is 2.25. The van der Waals surface area contributed by atoms with Gasteiger partial charge in [0.25, 0.3) is 0 Å². The number of hydrogen-bond donors (Lipinski definition) is 1. The van der Waals surface area contributed by atoms with Crippen molar-refractivity contribution in [3.63, 3.8) is 0 Å². The van der Waals surface area contributed by atoms with Crippen molar-refractivity contribution in [3.05, 3.63) is 59.8 Å². The highest BCUT2D eigenvalue weighted by atomic mass is 16.5. The molecular weight excluding hydrogens is 260 g/mol. The van der Waals surface area contributed by atoms with Crippen molar-refractivity contribution in [2.45, 2.75) is 27.0 Å². The van der Waals surface area contributed by atoms with Gasteiger partial charge in [0.15, 0.2) is 0 Å². The molecule has 21 heavy (non-hydrogen) atoms. The molecule has 2 aromatic carbocycles. The first-order valence-corrected chi connectivity index (χ1v) is 7.24. The third-order valence-corrected chi connectivity index (χ3v) is 3.74. The van der Waals surface area contributed by atoms with Gasteiger partial charge in [-0.1, -0.05) is 23.8 Å². The molecule has 0 saturated heterocycles. The van der Waals surface area contributed by atoms with Gasteiger partial charge in [0, 0.05) is 29.4 Å². The maximum atomic E-state index is 5.90. The Morgan fingerprint density at radius 2 is 1.86 bits per heavy atom. The van der Waals surface area contributed by atoms with Crippen LogP contribution in [0.3, 0.4) is 0 Å². The lowest BCUT2D eigenvalue weighted by atomic mass is 10.1. The van der Waals surface area contributed by atoms with Crippen molar-refractivity contribution in [2.75, 3.05) is 5.73 Å². The fraction of sp³-hybridized carbons (Fsp3) is 0.222. The van der Waals surface area contributed by atoms with Gasteiger partial charge in [-0.3, -0.25) is 0 Å². The molecule has 0 bridgehead atoms. The molecule has 0 aliphatic carbocycles. The second kappa shape index (κ2) is 5.52. The van der Waals surface area contributed by atoms with E-state index in [4.69, 9.17) is 10.5 Å². The molecule has 1 heterocycles. The van der Waals surface area contributed by atoms with Crippen LogP contribution in [0.15, 0.2) is 48.7 Å². The van der Waals surface area contributed by atoms with E-state index in [1.165, 1.54) is 22.0 Å². The third kappa shape index (κ3) is 2.72. The van der Waals surface area contributed by atoms with Crippen LogP contribution < -0.4 is 10.5 Å². The van der Waals surface area contributed by atoms with Gasteiger partial charge in [0.05, 0.1) is 5.52 Å². The summed E-state index contributed by atoms with van der Waals surface area (Å²) in [6, 6.07) is 14.2. The van der Waals surface area contributed by atoms with Crippen LogP contribution >= 0.6 is 0 Å². The van der Waals surface area contributed by atoms with E-state index in [1.807, 2.05) is 24.3 Å². The predicted octanol–water partition coefficient (Wildman–Crippen LogP) is 4.13. The average molecular weight is 280 g/mol. The molecule has 3 nitrogen and oxygen atoms in total. The molecule has 0 aliphatic heterocycles. The van der Waals surface area contributed by atoms with Crippen molar-refractivity contribution < 1.29 is 4.74 Å². The van der Waals surface area contributed by atoms with Crippen molar-refractivity contribution >= 4 is 16.6 Å². The van der Waals surface area contributed by atoms with Gasteiger partial charge >= 0.3 is 0 Å². The highest BCUT2D eigenvalue weighted by molar-refractivity contribution is 5.86. The molecule has 0 spiro atoms. The number of hydrogen-bond acceptors (Lipinski definition) is 2. The number of nitrogen functional groups attached to an aromatic ring is 1. The Hall–Kier alpha value is -2.42.